The second kappa shape index (κ2) is 19.7. The molecule has 3 heterocycles. The molecule has 74 heavy (non-hydrogen) atoms. The summed E-state index contributed by atoms with van der Waals surface area (Å²) in [5, 5.41) is 10.6. The van der Waals surface area contributed by atoms with Crippen LogP contribution in [0.25, 0.3) is 0 Å². The summed E-state index contributed by atoms with van der Waals surface area (Å²) < 4.78 is 5.72. The Kier molecular flexibility index (Phi) is 13.5. The van der Waals surface area contributed by atoms with E-state index in [1.807, 2.05) is 93.6 Å². The fraction of sp³-hybridized carbons (Fsp3) is 0.246. The molecule has 12 rings (SSSR count). The van der Waals surface area contributed by atoms with Crippen LogP contribution < -0.4 is 16.0 Å². The van der Waals surface area contributed by atoms with Crippen LogP contribution in [0.5, 0.6) is 0 Å². The second-order valence-electron chi connectivity index (χ2n) is 20.1. The van der Waals surface area contributed by atoms with Gasteiger partial charge in [0.15, 0.2) is 11.6 Å². The van der Waals surface area contributed by atoms with Crippen molar-refractivity contribution in [1.82, 2.24) is 0 Å². The number of amides is 3. The number of anilines is 3. The molecule has 3 aliphatic heterocycles. The summed E-state index contributed by atoms with van der Waals surface area (Å²) in [6.07, 6.45) is 7.27. The molecule has 0 bridgehead atoms. The van der Waals surface area contributed by atoms with Crippen LogP contribution in [0.1, 0.15) is 93.5 Å². The Morgan fingerprint density at radius 1 is 0.459 bits per heavy atom. The Morgan fingerprint density at radius 3 is 1.27 bits per heavy atom. The number of hydrogen-bond acceptors (Lipinski definition) is 7. The van der Waals surface area contributed by atoms with Gasteiger partial charge in [0.05, 0.1) is 6.10 Å². The van der Waals surface area contributed by atoms with Crippen LogP contribution in [0.3, 0.4) is 0 Å². The predicted octanol–water partition coefficient (Wildman–Crippen LogP) is 12.3. The highest BCUT2D eigenvalue weighted by atomic mass is 35.5. The minimum Gasteiger partial charge on any atom is -0.379 e. The lowest BCUT2D eigenvalue weighted by Crippen LogP contribution is -2.55. The Balaban J connectivity index is 0.000000127. The summed E-state index contributed by atoms with van der Waals surface area (Å²) >= 11 is 18.3. The molecule has 3 spiro atoms. The molecule has 6 aliphatic rings. The van der Waals surface area contributed by atoms with Crippen LogP contribution in [0.4, 0.5) is 17.1 Å². The van der Waals surface area contributed by atoms with E-state index in [2.05, 4.69) is 34.1 Å². The molecule has 0 radical (unpaired) electrons. The van der Waals surface area contributed by atoms with E-state index in [0.717, 1.165) is 61.4 Å². The zero-order chi connectivity index (χ0) is 52.3. The molecule has 3 N–H and O–H groups in total. The standard InChI is InChI=1S/C21H20ClNO3.2C20H16ClNO2/c1-12-4-3-5-13(8-12)17-10-15(24)11-19(26-2)21(17)16-7-6-14(22)9-18(16)23-20(21)25;2*1-12-3-2-4-13(9-12)17-11-15(23)7-8-20(17)16-6-5-14(21)10-18(16)22-19(20)24/h3-9,17,19H,10-11H2,1-2H3,(H,23,25);2*2-10,17H,11H2,1H3,(H,22,24)/t17-,19-,21-;17-,20+;17-,20-/m010/s1. The zero-order valence-corrected chi connectivity index (χ0v) is 43.3. The third kappa shape index (κ3) is 8.61. The average molecular weight is 1050 g/mol. The van der Waals surface area contributed by atoms with Crippen LogP contribution in [-0.2, 0) is 49.7 Å². The summed E-state index contributed by atoms with van der Waals surface area (Å²) in [6.45, 7) is 6.04. The van der Waals surface area contributed by atoms with Crippen molar-refractivity contribution in [1.29, 1.82) is 0 Å². The number of Topliss-reactive ketones (excluding diaryl/α,β-unsaturated/α-hetero) is 1. The van der Waals surface area contributed by atoms with Gasteiger partial charge >= 0.3 is 0 Å². The fourth-order valence-corrected chi connectivity index (χ4v) is 12.9. The molecule has 7 atom stereocenters. The lowest BCUT2D eigenvalue weighted by atomic mass is 9.59. The van der Waals surface area contributed by atoms with Gasteiger partial charge in [0.25, 0.3) is 0 Å². The van der Waals surface area contributed by atoms with Crippen molar-refractivity contribution in [3.63, 3.8) is 0 Å². The minimum absolute atomic E-state index is 0.0438. The third-order valence-electron chi connectivity index (χ3n) is 15.6. The van der Waals surface area contributed by atoms with E-state index in [9.17, 15) is 28.8 Å². The van der Waals surface area contributed by atoms with E-state index >= 15 is 0 Å². The van der Waals surface area contributed by atoms with Crippen LogP contribution in [0, 0.1) is 20.8 Å². The average Bonchev–Trinajstić information content (AvgIpc) is 3.94. The van der Waals surface area contributed by atoms with Gasteiger partial charge in [-0.2, -0.15) is 0 Å². The first kappa shape index (κ1) is 50.6. The topological polar surface area (TPSA) is 148 Å². The molecule has 3 aliphatic carbocycles. The maximum absolute atomic E-state index is 13.3. The normalized spacial score (nSPS) is 25.9. The minimum atomic E-state index is -0.934. The Hall–Kier alpha value is -6.95. The van der Waals surface area contributed by atoms with E-state index in [1.54, 1.807) is 55.7 Å². The summed E-state index contributed by atoms with van der Waals surface area (Å²) in [7, 11) is 1.57. The SMILES string of the molecule is CO[C@H]1CC(=O)C[C@@H](c2cccc(C)c2)[C@]12C(=O)Nc1cc(Cl)ccc12.Cc1cccc([C@@H]2CC(=O)C=C[C@@]23C(=O)Nc2cc(Cl)ccc23)c1.Cc1cccc([C@H]2CC(=O)C=C[C@@]23C(=O)Nc2cc(Cl)ccc23)c1. The van der Waals surface area contributed by atoms with Gasteiger partial charge in [-0.05, 0) is 103 Å². The number of rotatable bonds is 4. The highest BCUT2D eigenvalue weighted by Gasteiger charge is 2.61. The summed E-state index contributed by atoms with van der Waals surface area (Å²) in [4.78, 5) is 76.0. The number of ether oxygens (including phenoxy) is 1. The van der Waals surface area contributed by atoms with Crippen LogP contribution in [-0.4, -0.2) is 48.3 Å². The largest absolute Gasteiger partial charge is 0.379 e. The number of benzene rings is 6. The van der Waals surface area contributed by atoms with Gasteiger partial charge in [0, 0.05) is 82.7 Å². The molecule has 13 heteroatoms. The number of nitrogens with one attached hydrogen (secondary N) is 3. The van der Waals surface area contributed by atoms with Gasteiger partial charge < -0.3 is 20.7 Å². The summed E-state index contributed by atoms with van der Waals surface area (Å²) in [5.74, 6) is -0.856. The van der Waals surface area contributed by atoms with Crippen molar-refractivity contribution >= 4 is 86.9 Å². The highest BCUT2D eigenvalue weighted by Crippen LogP contribution is 2.56. The number of aryl methyl sites for hydroxylation is 3. The molecule has 0 saturated heterocycles. The Labute approximate surface area is 444 Å². The molecule has 1 fully saturated rings. The maximum Gasteiger partial charge on any atom is 0.239 e. The maximum atomic E-state index is 13.3. The number of methoxy groups -OCH3 is 1. The first-order chi connectivity index (χ1) is 35.5. The summed E-state index contributed by atoms with van der Waals surface area (Å²) in [6, 6.07) is 40.4. The first-order valence-electron chi connectivity index (χ1n) is 24.5. The van der Waals surface area contributed by atoms with E-state index in [1.165, 1.54) is 12.2 Å². The number of fused-ring (bicyclic) bond motifs is 6. The molecule has 374 valence electrons. The highest BCUT2D eigenvalue weighted by molar-refractivity contribution is 6.32. The van der Waals surface area contributed by atoms with Gasteiger partial charge in [-0.3, -0.25) is 28.8 Å². The molecule has 0 unspecified atom stereocenters. The first-order valence-corrected chi connectivity index (χ1v) is 25.6. The number of allylic oxidation sites excluding steroid dienone is 2. The Bertz CT molecular complexity index is 3270. The van der Waals surface area contributed by atoms with Crippen LogP contribution in [0.2, 0.25) is 15.1 Å². The summed E-state index contributed by atoms with van der Waals surface area (Å²) in [5.41, 5.74) is 8.44. The number of halogens is 3. The number of carbonyl (C=O) groups is 6. The molecule has 0 aromatic heterocycles. The number of ketones is 3. The van der Waals surface area contributed by atoms with Gasteiger partial charge in [0.1, 0.15) is 22.0 Å². The van der Waals surface area contributed by atoms with Crippen molar-refractivity contribution in [2.75, 3.05) is 23.1 Å². The predicted molar refractivity (Wildman–Crippen MR) is 290 cm³/mol. The lowest BCUT2D eigenvalue weighted by molar-refractivity contribution is -0.137. The van der Waals surface area contributed by atoms with E-state index in [4.69, 9.17) is 39.5 Å². The van der Waals surface area contributed by atoms with E-state index in [-0.39, 0.29) is 59.2 Å². The van der Waals surface area contributed by atoms with Crippen LogP contribution in [0.15, 0.2) is 152 Å². The zero-order valence-electron chi connectivity index (χ0n) is 41.1. The van der Waals surface area contributed by atoms with Crippen molar-refractivity contribution in [2.24, 2.45) is 0 Å². The quantitative estimate of drug-likeness (QED) is 0.159. The van der Waals surface area contributed by atoms with Gasteiger partial charge in [0.2, 0.25) is 17.7 Å². The Morgan fingerprint density at radius 2 is 0.851 bits per heavy atom. The van der Waals surface area contributed by atoms with Gasteiger partial charge in [-0.1, -0.05) is 155 Å². The molecule has 10 nitrogen and oxygen atoms in total. The molecule has 6 aromatic carbocycles. The van der Waals surface area contributed by atoms with E-state index < -0.39 is 22.3 Å². The van der Waals surface area contributed by atoms with Gasteiger partial charge in [-0.15, -0.1) is 0 Å². The smallest absolute Gasteiger partial charge is 0.239 e. The van der Waals surface area contributed by atoms with Gasteiger partial charge in [-0.25, -0.2) is 0 Å². The molecular weight excluding hydrogens is 993 g/mol. The van der Waals surface area contributed by atoms with Crippen molar-refractivity contribution in [2.45, 2.75) is 86.6 Å². The molecule has 6 aromatic rings. The lowest BCUT2D eigenvalue weighted by Gasteiger charge is -2.44. The fourth-order valence-electron chi connectivity index (χ4n) is 12.4. The van der Waals surface area contributed by atoms with Crippen molar-refractivity contribution in [3.8, 4) is 0 Å². The number of carbonyl (C=O) groups excluding carboxylic acids is 6. The second-order valence-corrected chi connectivity index (χ2v) is 21.4. The molecular formula is C61H52Cl3N3O7. The number of hydrogen-bond donors (Lipinski definition) is 3. The molecule has 1 saturated carbocycles. The molecule has 3 amide bonds. The third-order valence-corrected chi connectivity index (χ3v) is 16.4. The van der Waals surface area contributed by atoms with E-state index in [0.29, 0.717) is 40.0 Å². The monoisotopic (exact) mass is 1040 g/mol. The van der Waals surface area contributed by atoms with Crippen molar-refractivity contribution < 1.29 is 33.5 Å². The van der Waals surface area contributed by atoms with Crippen molar-refractivity contribution in [3.05, 3.63) is 217 Å². The van der Waals surface area contributed by atoms with Crippen LogP contribution >= 0.6 is 34.8 Å².